The lowest BCUT2D eigenvalue weighted by Crippen LogP contribution is -2.61. The van der Waals surface area contributed by atoms with Gasteiger partial charge in [0.25, 0.3) is 6.71 Å². The molecule has 2 heterocycles. The summed E-state index contributed by atoms with van der Waals surface area (Å²) in [6.45, 7) is 25.2. The van der Waals surface area contributed by atoms with E-state index in [2.05, 4.69) is 140 Å². The molecule has 5 aromatic carbocycles. The van der Waals surface area contributed by atoms with E-state index in [1.807, 2.05) is 44.2 Å². The van der Waals surface area contributed by atoms with E-state index in [0.29, 0.717) is 0 Å². The van der Waals surface area contributed by atoms with Crippen LogP contribution in [0.2, 0.25) is 0 Å². The van der Waals surface area contributed by atoms with Crippen LogP contribution in [0.25, 0.3) is 0 Å². The normalized spacial score (nSPS) is 16.7. The van der Waals surface area contributed by atoms with Crippen molar-refractivity contribution in [3.8, 4) is 0 Å². The van der Waals surface area contributed by atoms with Crippen LogP contribution in [0.3, 0.4) is 0 Å². The van der Waals surface area contributed by atoms with Crippen LogP contribution < -0.4 is 26.2 Å². The van der Waals surface area contributed by atoms with Crippen LogP contribution in [-0.4, -0.2) is 6.71 Å². The zero-order valence-electron chi connectivity index (χ0n) is 41.1. The molecule has 0 saturated heterocycles. The summed E-state index contributed by atoms with van der Waals surface area (Å²) in [4.78, 5) is 4.79. The summed E-state index contributed by atoms with van der Waals surface area (Å²) >= 11 is 0. The Morgan fingerprint density at radius 2 is 0.889 bits per heavy atom. The van der Waals surface area contributed by atoms with Gasteiger partial charge in [0, 0.05) is 42.3 Å². The SMILES string of the molecule is [2H]C([2H])([2H])C(C)(C)c1ccc(N2c3ccc(C(C)(C)C([2H])([2H])[2H])cc3B3c4ccc(C(C)(C)C)cc4N(c4cc(C(C)(C)C)cc(C(C)(C)C)c4)c4cc(C)cc2c43)cc1. The van der Waals surface area contributed by atoms with Gasteiger partial charge < -0.3 is 9.80 Å². The maximum Gasteiger partial charge on any atom is 0.252 e. The molecule has 0 radical (unpaired) electrons. The Labute approximate surface area is 336 Å². The third kappa shape index (κ3) is 6.60. The van der Waals surface area contributed by atoms with E-state index < -0.39 is 24.5 Å². The van der Waals surface area contributed by atoms with E-state index >= 15 is 0 Å². The average molecular weight is 721 g/mol. The lowest BCUT2D eigenvalue weighted by Gasteiger charge is -2.45. The quantitative estimate of drug-likeness (QED) is 0.164. The van der Waals surface area contributed by atoms with Gasteiger partial charge in [0.15, 0.2) is 0 Å². The highest BCUT2D eigenvalue weighted by atomic mass is 15.2. The molecule has 3 heteroatoms. The minimum atomic E-state index is -2.23. The third-order valence-electron chi connectivity index (χ3n) is 11.6. The molecule has 280 valence electrons. The summed E-state index contributed by atoms with van der Waals surface area (Å²) in [6.07, 6.45) is 0. The minimum Gasteiger partial charge on any atom is -0.311 e. The van der Waals surface area contributed by atoms with Crippen molar-refractivity contribution in [2.75, 3.05) is 9.80 Å². The fraction of sp³-hybridized carbons (Fsp3) is 0.412. The molecule has 5 aromatic rings. The standard InChI is InChI=1S/C51H63BN2/c1-32-25-44-46-45(26-32)54(39-28-36(50(11,12)13)27-37(29-39)51(14,15)16)43-31-35(49(8,9)10)19-23-40(43)52(46)41-30-34(48(5,6)7)20-24-42(41)53(44)38-21-17-33(18-22-38)47(2,3)4/h17-31H,1-16H3/i2D3,5D3. The van der Waals surface area contributed by atoms with Crippen molar-refractivity contribution in [1.29, 1.82) is 0 Å². The smallest absolute Gasteiger partial charge is 0.252 e. The largest absolute Gasteiger partial charge is 0.311 e. The van der Waals surface area contributed by atoms with Crippen molar-refractivity contribution >= 4 is 57.2 Å². The molecule has 0 aliphatic carbocycles. The van der Waals surface area contributed by atoms with Crippen molar-refractivity contribution < 1.29 is 8.22 Å². The highest BCUT2D eigenvalue weighted by molar-refractivity contribution is 7.00. The summed E-state index contributed by atoms with van der Waals surface area (Å²) in [5, 5.41) is 0. The summed E-state index contributed by atoms with van der Waals surface area (Å²) in [5.41, 5.74) is 13.5. The van der Waals surface area contributed by atoms with Crippen LogP contribution in [0.4, 0.5) is 34.1 Å². The summed E-state index contributed by atoms with van der Waals surface area (Å²) < 4.78 is 50.7. The first-order chi connectivity index (χ1) is 27.3. The van der Waals surface area contributed by atoms with Crippen LogP contribution in [0.1, 0.15) is 145 Å². The molecule has 0 saturated carbocycles. The summed E-state index contributed by atoms with van der Waals surface area (Å²) in [7, 11) is 0. The van der Waals surface area contributed by atoms with Gasteiger partial charge in [-0.2, -0.15) is 0 Å². The Morgan fingerprint density at radius 3 is 1.43 bits per heavy atom. The molecule has 0 amide bonds. The molecule has 0 atom stereocenters. The van der Waals surface area contributed by atoms with Gasteiger partial charge in [-0.3, -0.25) is 0 Å². The van der Waals surface area contributed by atoms with Crippen LogP contribution in [-0.2, 0) is 27.1 Å². The van der Waals surface area contributed by atoms with Crippen molar-refractivity contribution in [3.05, 3.63) is 124 Å². The topological polar surface area (TPSA) is 6.48 Å². The fourth-order valence-corrected chi connectivity index (χ4v) is 8.18. The number of aryl methyl sites for hydroxylation is 1. The fourth-order valence-electron chi connectivity index (χ4n) is 8.18. The number of hydrogen-bond acceptors (Lipinski definition) is 2. The maximum absolute atomic E-state index is 8.60. The Balaban J connectivity index is 1.60. The van der Waals surface area contributed by atoms with E-state index in [4.69, 9.17) is 8.22 Å². The van der Waals surface area contributed by atoms with Crippen molar-refractivity contribution in [1.82, 2.24) is 0 Å². The molecule has 54 heavy (non-hydrogen) atoms. The number of nitrogens with zero attached hydrogens (tertiary/aromatic N) is 2. The first kappa shape index (κ1) is 31.0. The molecular formula is C51H63BN2. The molecule has 0 unspecified atom stereocenters. The van der Waals surface area contributed by atoms with Gasteiger partial charge in [0.05, 0.1) is 0 Å². The molecule has 2 aliphatic rings. The van der Waals surface area contributed by atoms with E-state index in [-0.39, 0.29) is 23.0 Å². The number of benzene rings is 5. The lowest BCUT2D eigenvalue weighted by molar-refractivity contribution is 0.568. The average Bonchev–Trinajstić information content (AvgIpc) is 3.12. The second kappa shape index (κ2) is 12.4. The van der Waals surface area contributed by atoms with Gasteiger partial charge in [-0.1, -0.05) is 146 Å². The monoisotopic (exact) mass is 721 g/mol. The van der Waals surface area contributed by atoms with Crippen LogP contribution in [0, 0.1) is 6.92 Å². The minimum absolute atomic E-state index is 0.0988. The second-order valence-electron chi connectivity index (χ2n) is 20.2. The van der Waals surface area contributed by atoms with Crippen molar-refractivity contribution in [2.24, 2.45) is 0 Å². The first-order valence-corrected chi connectivity index (χ1v) is 19.6. The molecule has 2 nitrogen and oxygen atoms in total. The van der Waals surface area contributed by atoms with E-state index in [1.54, 1.807) is 13.8 Å². The Morgan fingerprint density at radius 1 is 0.407 bits per heavy atom. The molecule has 0 N–H and O–H groups in total. The molecule has 0 fully saturated rings. The predicted octanol–water partition coefficient (Wildman–Crippen LogP) is 12.6. The van der Waals surface area contributed by atoms with Crippen LogP contribution in [0.5, 0.6) is 0 Å². The molecular weight excluding hydrogens is 651 g/mol. The van der Waals surface area contributed by atoms with Gasteiger partial charge in [-0.25, -0.2) is 0 Å². The molecule has 0 bridgehead atoms. The van der Waals surface area contributed by atoms with Gasteiger partial charge in [-0.05, 0) is 132 Å². The maximum atomic E-state index is 8.60. The highest BCUT2D eigenvalue weighted by Crippen LogP contribution is 2.47. The number of fused-ring (bicyclic) bond motifs is 4. The number of hydrogen-bond donors (Lipinski definition) is 0. The summed E-state index contributed by atoms with van der Waals surface area (Å²) in [5.74, 6) is 0. The molecule has 2 aliphatic heterocycles. The zero-order valence-corrected chi connectivity index (χ0v) is 35.1. The van der Waals surface area contributed by atoms with Crippen molar-refractivity contribution in [2.45, 2.75) is 138 Å². The molecule has 0 aromatic heterocycles. The van der Waals surface area contributed by atoms with E-state index in [1.165, 1.54) is 22.2 Å². The summed E-state index contributed by atoms with van der Waals surface area (Å²) in [6, 6.07) is 32.9. The highest BCUT2D eigenvalue weighted by Gasteiger charge is 2.44. The van der Waals surface area contributed by atoms with Crippen LogP contribution in [0.15, 0.2) is 91.0 Å². The van der Waals surface area contributed by atoms with Gasteiger partial charge in [-0.15, -0.1) is 0 Å². The zero-order chi connectivity index (χ0) is 44.5. The molecule has 7 rings (SSSR count). The number of rotatable bonds is 2. The number of anilines is 6. The molecule has 0 spiro atoms. The van der Waals surface area contributed by atoms with Gasteiger partial charge >= 0.3 is 0 Å². The second-order valence-corrected chi connectivity index (χ2v) is 20.2. The predicted molar refractivity (Wildman–Crippen MR) is 239 cm³/mol. The van der Waals surface area contributed by atoms with E-state index in [9.17, 15) is 0 Å². The first-order valence-electron chi connectivity index (χ1n) is 22.6. The van der Waals surface area contributed by atoms with Crippen LogP contribution >= 0.6 is 0 Å². The third-order valence-corrected chi connectivity index (χ3v) is 11.6. The van der Waals surface area contributed by atoms with E-state index in [0.717, 1.165) is 61.7 Å². The van der Waals surface area contributed by atoms with Gasteiger partial charge in [0.2, 0.25) is 0 Å². The van der Waals surface area contributed by atoms with Crippen molar-refractivity contribution in [3.63, 3.8) is 0 Å². The lowest BCUT2D eigenvalue weighted by atomic mass is 9.33. The Hall–Kier alpha value is -4.24. The Bertz CT molecular complexity index is 2460. The van der Waals surface area contributed by atoms with Gasteiger partial charge in [0.1, 0.15) is 0 Å². The Kier molecular flexibility index (Phi) is 7.12.